The van der Waals surface area contributed by atoms with Crippen molar-refractivity contribution in [2.45, 2.75) is 51.7 Å². The van der Waals surface area contributed by atoms with Gasteiger partial charge in [-0.15, -0.1) is 0 Å². The maximum Gasteiger partial charge on any atom is 0.341 e. The van der Waals surface area contributed by atoms with E-state index in [0.29, 0.717) is 11.4 Å². The summed E-state index contributed by atoms with van der Waals surface area (Å²) >= 11 is 0. The number of carbonyl (C=O) groups excluding carboxylic acids is 2. The average molecular weight is 349 g/mol. The highest BCUT2D eigenvalue weighted by Gasteiger charge is 2.47. The number of esters is 1. The quantitative estimate of drug-likeness (QED) is 0.728. The lowest BCUT2D eigenvalue weighted by atomic mass is 9.99. The predicted molar refractivity (Wildman–Crippen MR) is 94.9 cm³/mol. The van der Waals surface area contributed by atoms with E-state index in [0.717, 1.165) is 19.3 Å². The molecule has 0 spiro atoms. The standard InChI is InChI=1S/C19H27NO5/c1-6-12(2)25-16-10-9-14(11-15(16)17(21)23-4)20-18(22)19(3,24-5)13-7-8-13/h9-13H,6-8H2,1-5H3,(H,20,22)/t12-,19+/m1/s1. The van der Waals surface area contributed by atoms with Gasteiger partial charge >= 0.3 is 5.97 Å². The third kappa shape index (κ3) is 4.31. The van der Waals surface area contributed by atoms with Crippen molar-refractivity contribution in [1.82, 2.24) is 0 Å². The molecule has 1 aliphatic carbocycles. The molecule has 25 heavy (non-hydrogen) atoms. The van der Waals surface area contributed by atoms with Crippen LogP contribution >= 0.6 is 0 Å². The molecule has 138 valence electrons. The summed E-state index contributed by atoms with van der Waals surface area (Å²) in [5.41, 5.74) is -0.0749. The number of carbonyl (C=O) groups is 2. The number of ether oxygens (including phenoxy) is 3. The average Bonchev–Trinajstić information content (AvgIpc) is 3.46. The molecule has 0 saturated heterocycles. The molecular weight excluding hydrogens is 322 g/mol. The highest BCUT2D eigenvalue weighted by Crippen LogP contribution is 2.42. The van der Waals surface area contributed by atoms with E-state index in [1.54, 1.807) is 32.2 Å². The first-order chi connectivity index (χ1) is 11.8. The van der Waals surface area contributed by atoms with Gasteiger partial charge in [-0.05, 0) is 57.2 Å². The summed E-state index contributed by atoms with van der Waals surface area (Å²) in [5.74, 6) is -0.0588. The lowest BCUT2D eigenvalue weighted by molar-refractivity contribution is -0.138. The summed E-state index contributed by atoms with van der Waals surface area (Å²) in [6.45, 7) is 5.72. The Morgan fingerprint density at radius 3 is 2.52 bits per heavy atom. The lowest BCUT2D eigenvalue weighted by Gasteiger charge is -2.27. The van der Waals surface area contributed by atoms with Crippen LogP contribution in [0.25, 0.3) is 0 Å². The van der Waals surface area contributed by atoms with E-state index >= 15 is 0 Å². The van der Waals surface area contributed by atoms with Crippen molar-refractivity contribution in [3.63, 3.8) is 0 Å². The van der Waals surface area contributed by atoms with Gasteiger partial charge in [-0.1, -0.05) is 6.92 Å². The summed E-state index contributed by atoms with van der Waals surface area (Å²) in [4.78, 5) is 24.7. The Hall–Kier alpha value is -2.08. The predicted octanol–water partition coefficient (Wildman–Crippen LogP) is 3.40. The lowest BCUT2D eigenvalue weighted by Crippen LogP contribution is -2.44. The zero-order chi connectivity index (χ0) is 18.6. The fourth-order valence-electron chi connectivity index (χ4n) is 2.61. The largest absolute Gasteiger partial charge is 0.490 e. The summed E-state index contributed by atoms with van der Waals surface area (Å²) in [7, 11) is 2.86. The van der Waals surface area contributed by atoms with Crippen LogP contribution < -0.4 is 10.1 Å². The van der Waals surface area contributed by atoms with Crippen LogP contribution in [0.15, 0.2) is 18.2 Å². The number of hydrogen-bond donors (Lipinski definition) is 1. The maximum absolute atomic E-state index is 12.6. The number of rotatable bonds is 8. The van der Waals surface area contributed by atoms with Gasteiger partial charge in [0.15, 0.2) is 0 Å². The molecule has 0 heterocycles. The van der Waals surface area contributed by atoms with Crippen LogP contribution in [0.1, 0.15) is 50.4 Å². The third-order valence-electron chi connectivity index (χ3n) is 4.78. The highest BCUT2D eigenvalue weighted by atomic mass is 16.5. The Labute approximate surface area is 148 Å². The first kappa shape index (κ1) is 19.2. The van der Waals surface area contributed by atoms with E-state index in [4.69, 9.17) is 14.2 Å². The second-order valence-corrected chi connectivity index (χ2v) is 6.58. The van der Waals surface area contributed by atoms with Crippen LogP contribution in [-0.2, 0) is 14.3 Å². The molecule has 1 N–H and O–H groups in total. The second-order valence-electron chi connectivity index (χ2n) is 6.58. The van der Waals surface area contributed by atoms with Gasteiger partial charge in [-0.25, -0.2) is 4.79 Å². The van der Waals surface area contributed by atoms with Crippen LogP contribution in [0.2, 0.25) is 0 Å². The van der Waals surface area contributed by atoms with Crippen molar-refractivity contribution in [3.05, 3.63) is 23.8 Å². The Balaban J connectivity index is 2.24. The molecule has 1 aromatic carbocycles. The van der Waals surface area contributed by atoms with Crippen LogP contribution in [0, 0.1) is 5.92 Å². The SMILES string of the molecule is CC[C@@H](C)Oc1ccc(NC(=O)[C@@](C)(OC)C2CC2)cc1C(=O)OC. The van der Waals surface area contributed by atoms with E-state index < -0.39 is 11.6 Å². The Morgan fingerprint density at radius 1 is 1.32 bits per heavy atom. The number of nitrogens with one attached hydrogen (secondary N) is 1. The first-order valence-electron chi connectivity index (χ1n) is 8.61. The smallest absolute Gasteiger partial charge is 0.341 e. The summed E-state index contributed by atoms with van der Waals surface area (Å²) in [6, 6.07) is 4.96. The molecule has 2 rings (SSSR count). The van der Waals surface area contributed by atoms with E-state index in [-0.39, 0.29) is 23.5 Å². The van der Waals surface area contributed by atoms with E-state index in [9.17, 15) is 9.59 Å². The van der Waals surface area contributed by atoms with E-state index in [1.165, 1.54) is 7.11 Å². The van der Waals surface area contributed by atoms with Crippen molar-refractivity contribution in [3.8, 4) is 5.75 Å². The van der Waals surface area contributed by atoms with Gasteiger partial charge in [0.1, 0.15) is 16.9 Å². The highest BCUT2D eigenvalue weighted by molar-refractivity contribution is 5.99. The van der Waals surface area contributed by atoms with Crippen LogP contribution in [0.3, 0.4) is 0 Å². The van der Waals surface area contributed by atoms with Gasteiger partial charge in [0, 0.05) is 12.8 Å². The maximum atomic E-state index is 12.6. The molecule has 0 aromatic heterocycles. The van der Waals surface area contributed by atoms with Crippen molar-refractivity contribution < 1.29 is 23.8 Å². The van der Waals surface area contributed by atoms with Gasteiger partial charge in [-0.2, -0.15) is 0 Å². The minimum atomic E-state index is -0.864. The molecule has 0 unspecified atom stereocenters. The molecule has 6 nitrogen and oxygen atoms in total. The van der Waals surface area contributed by atoms with Crippen LogP contribution in [-0.4, -0.2) is 37.8 Å². The molecular formula is C19H27NO5. The van der Waals surface area contributed by atoms with Gasteiger partial charge in [-0.3, -0.25) is 4.79 Å². The van der Waals surface area contributed by atoms with Crippen LogP contribution in [0.5, 0.6) is 5.75 Å². The monoisotopic (exact) mass is 349 g/mol. The number of benzene rings is 1. The minimum absolute atomic E-state index is 0.0319. The summed E-state index contributed by atoms with van der Waals surface area (Å²) in [5, 5.41) is 2.84. The molecule has 1 amide bonds. The Morgan fingerprint density at radius 2 is 2.00 bits per heavy atom. The molecule has 2 atom stereocenters. The Bertz CT molecular complexity index is 641. The molecule has 0 bridgehead atoms. The normalized spacial score (nSPS) is 17.3. The summed E-state index contributed by atoms with van der Waals surface area (Å²) < 4.78 is 16.1. The Kier molecular flexibility index (Phi) is 6.06. The first-order valence-corrected chi connectivity index (χ1v) is 8.61. The zero-order valence-corrected chi connectivity index (χ0v) is 15.5. The number of hydrogen-bond acceptors (Lipinski definition) is 5. The van der Waals surface area contributed by atoms with Gasteiger partial charge < -0.3 is 19.5 Å². The molecule has 6 heteroatoms. The van der Waals surface area contributed by atoms with Gasteiger partial charge in [0.05, 0.1) is 13.2 Å². The number of anilines is 1. The van der Waals surface area contributed by atoms with Gasteiger partial charge in [0.2, 0.25) is 0 Å². The van der Waals surface area contributed by atoms with Gasteiger partial charge in [0.25, 0.3) is 5.91 Å². The zero-order valence-electron chi connectivity index (χ0n) is 15.5. The van der Waals surface area contributed by atoms with E-state index in [2.05, 4.69) is 5.32 Å². The second kappa shape index (κ2) is 7.87. The number of methoxy groups -OCH3 is 2. The van der Waals surface area contributed by atoms with Crippen molar-refractivity contribution >= 4 is 17.6 Å². The van der Waals surface area contributed by atoms with Crippen molar-refractivity contribution in [2.24, 2.45) is 5.92 Å². The molecule has 0 aliphatic heterocycles. The summed E-state index contributed by atoms with van der Waals surface area (Å²) in [6.07, 6.45) is 2.74. The molecule has 0 radical (unpaired) electrons. The molecule has 1 saturated carbocycles. The molecule has 1 aromatic rings. The minimum Gasteiger partial charge on any atom is -0.490 e. The third-order valence-corrected chi connectivity index (χ3v) is 4.78. The topological polar surface area (TPSA) is 73.9 Å². The fraction of sp³-hybridized carbons (Fsp3) is 0.579. The fourth-order valence-corrected chi connectivity index (χ4v) is 2.61. The molecule has 1 aliphatic rings. The van der Waals surface area contributed by atoms with E-state index in [1.807, 2.05) is 13.8 Å². The van der Waals surface area contributed by atoms with Crippen LogP contribution in [0.4, 0.5) is 5.69 Å². The number of amides is 1. The van der Waals surface area contributed by atoms with Crippen molar-refractivity contribution in [1.29, 1.82) is 0 Å². The van der Waals surface area contributed by atoms with Crippen molar-refractivity contribution in [2.75, 3.05) is 19.5 Å². The molecule has 1 fully saturated rings.